The van der Waals surface area contributed by atoms with Gasteiger partial charge in [0.1, 0.15) is 0 Å². The minimum atomic E-state index is 0.264. The summed E-state index contributed by atoms with van der Waals surface area (Å²) in [6.45, 7) is 6.95. The lowest BCUT2D eigenvalue weighted by Gasteiger charge is -2.36. The third-order valence-corrected chi connectivity index (χ3v) is 5.00. The summed E-state index contributed by atoms with van der Waals surface area (Å²) in [4.78, 5) is 0. The van der Waals surface area contributed by atoms with Crippen LogP contribution in [-0.4, -0.2) is 28.3 Å². The van der Waals surface area contributed by atoms with Crippen molar-refractivity contribution in [1.82, 2.24) is 0 Å². The SMILES string of the molecule is CC(CO)SC1CC(C(C)C)CCC1N. The number of hydrogen-bond donors (Lipinski definition) is 2. The molecular weight excluding hydrogens is 206 g/mol. The molecule has 0 heterocycles. The Labute approximate surface area is 98.0 Å². The molecule has 0 aliphatic heterocycles. The minimum Gasteiger partial charge on any atom is -0.395 e. The molecule has 90 valence electrons. The molecule has 0 aromatic carbocycles. The van der Waals surface area contributed by atoms with Crippen molar-refractivity contribution in [1.29, 1.82) is 0 Å². The van der Waals surface area contributed by atoms with Crippen LogP contribution in [0.2, 0.25) is 0 Å². The van der Waals surface area contributed by atoms with Gasteiger partial charge in [0.15, 0.2) is 0 Å². The van der Waals surface area contributed by atoms with Crippen LogP contribution in [0.3, 0.4) is 0 Å². The van der Waals surface area contributed by atoms with Gasteiger partial charge in [-0.2, -0.15) is 11.8 Å². The third-order valence-electron chi connectivity index (χ3n) is 3.49. The van der Waals surface area contributed by atoms with Gasteiger partial charge in [-0.25, -0.2) is 0 Å². The molecule has 3 N–H and O–H groups in total. The molecule has 2 nitrogen and oxygen atoms in total. The van der Waals surface area contributed by atoms with Crippen molar-refractivity contribution in [3.8, 4) is 0 Å². The van der Waals surface area contributed by atoms with Crippen LogP contribution in [0, 0.1) is 11.8 Å². The van der Waals surface area contributed by atoms with E-state index in [-0.39, 0.29) is 6.61 Å². The van der Waals surface area contributed by atoms with E-state index in [1.807, 2.05) is 11.8 Å². The fourth-order valence-corrected chi connectivity index (χ4v) is 3.67. The number of aliphatic hydroxyl groups is 1. The van der Waals surface area contributed by atoms with Crippen LogP contribution >= 0.6 is 11.8 Å². The second-order valence-electron chi connectivity index (χ2n) is 5.15. The van der Waals surface area contributed by atoms with Crippen molar-refractivity contribution in [3.05, 3.63) is 0 Å². The third kappa shape index (κ3) is 3.97. The lowest BCUT2D eigenvalue weighted by molar-refractivity contribution is 0.264. The van der Waals surface area contributed by atoms with Gasteiger partial charge in [0.2, 0.25) is 0 Å². The van der Waals surface area contributed by atoms with Gasteiger partial charge in [-0.3, -0.25) is 0 Å². The van der Waals surface area contributed by atoms with Crippen LogP contribution in [0.4, 0.5) is 0 Å². The summed E-state index contributed by atoms with van der Waals surface area (Å²) in [5, 5.41) is 9.94. The second kappa shape index (κ2) is 6.12. The Morgan fingerprint density at radius 2 is 2.00 bits per heavy atom. The average Bonchev–Trinajstić information content (AvgIpc) is 2.20. The van der Waals surface area contributed by atoms with Crippen molar-refractivity contribution in [2.45, 2.75) is 56.6 Å². The first kappa shape index (κ1) is 13.3. The van der Waals surface area contributed by atoms with Crippen LogP contribution in [0.5, 0.6) is 0 Å². The summed E-state index contributed by atoms with van der Waals surface area (Å²) in [6.07, 6.45) is 3.66. The van der Waals surface area contributed by atoms with E-state index in [9.17, 15) is 0 Å². The molecule has 15 heavy (non-hydrogen) atoms. The van der Waals surface area contributed by atoms with E-state index in [4.69, 9.17) is 10.8 Å². The van der Waals surface area contributed by atoms with E-state index in [0.717, 1.165) is 18.3 Å². The Morgan fingerprint density at radius 1 is 1.33 bits per heavy atom. The summed E-state index contributed by atoms with van der Waals surface area (Å²) in [5.74, 6) is 1.60. The topological polar surface area (TPSA) is 46.2 Å². The summed E-state index contributed by atoms with van der Waals surface area (Å²) in [7, 11) is 0. The zero-order chi connectivity index (χ0) is 11.4. The molecule has 1 aliphatic carbocycles. The summed E-state index contributed by atoms with van der Waals surface area (Å²) < 4.78 is 0. The van der Waals surface area contributed by atoms with Crippen LogP contribution in [0.15, 0.2) is 0 Å². The molecule has 4 atom stereocenters. The zero-order valence-electron chi connectivity index (χ0n) is 10.1. The van der Waals surface area contributed by atoms with Crippen LogP contribution in [-0.2, 0) is 0 Å². The van der Waals surface area contributed by atoms with E-state index in [2.05, 4.69) is 20.8 Å². The fourth-order valence-electron chi connectivity index (χ4n) is 2.29. The monoisotopic (exact) mass is 231 g/mol. The van der Waals surface area contributed by atoms with Gasteiger partial charge in [0, 0.05) is 16.5 Å². The van der Waals surface area contributed by atoms with Crippen molar-refractivity contribution >= 4 is 11.8 Å². The van der Waals surface area contributed by atoms with Gasteiger partial charge in [-0.15, -0.1) is 0 Å². The largest absolute Gasteiger partial charge is 0.395 e. The Morgan fingerprint density at radius 3 is 2.53 bits per heavy atom. The maximum absolute atomic E-state index is 9.07. The first-order valence-corrected chi connectivity index (χ1v) is 7.00. The summed E-state index contributed by atoms with van der Waals surface area (Å²) in [6, 6.07) is 0.332. The van der Waals surface area contributed by atoms with E-state index >= 15 is 0 Å². The van der Waals surface area contributed by atoms with Crippen molar-refractivity contribution in [2.75, 3.05) is 6.61 Å². The van der Waals surface area contributed by atoms with E-state index < -0.39 is 0 Å². The molecule has 1 saturated carbocycles. The van der Waals surface area contributed by atoms with E-state index in [1.165, 1.54) is 12.8 Å². The Kier molecular flexibility index (Phi) is 5.44. The molecule has 0 saturated heterocycles. The normalized spacial score (nSPS) is 34.4. The highest BCUT2D eigenvalue weighted by molar-refractivity contribution is 8.00. The Bertz CT molecular complexity index is 186. The average molecular weight is 231 g/mol. The predicted molar refractivity (Wildman–Crippen MR) is 68.1 cm³/mol. The number of hydrogen-bond acceptors (Lipinski definition) is 3. The number of nitrogens with two attached hydrogens (primary N) is 1. The molecule has 1 fully saturated rings. The van der Waals surface area contributed by atoms with Gasteiger partial charge >= 0.3 is 0 Å². The van der Waals surface area contributed by atoms with E-state index in [1.54, 1.807) is 0 Å². The lowest BCUT2D eigenvalue weighted by Crippen LogP contribution is -2.40. The van der Waals surface area contributed by atoms with Crippen molar-refractivity contribution in [3.63, 3.8) is 0 Å². The van der Waals surface area contributed by atoms with Crippen molar-refractivity contribution < 1.29 is 5.11 Å². The smallest absolute Gasteiger partial charge is 0.0547 e. The molecule has 0 aromatic rings. The highest BCUT2D eigenvalue weighted by Crippen LogP contribution is 2.36. The molecule has 0 spiro atoms. The fraction of sp³-hybridized carbons (Fsp3) is 1.00. The second-order valence-corrected chi connectivity index (χ2v) is 6.83. The Hall–Kier alpha value is 0.270. The van der Waals surface area contributed by atoms with Crippen LogP contribution in [0.1, 0.15) is 40.0 Å². The highest BCUT2D eigenvalue weighted by atomic mass is 32.2. The summed E-state index contributed by atoms with van der Waals surface area (Å²) >= 11 is 1.87. The van der Waals surface area contributed by atoms with Gasteiger partial charge < -0.3 is 10.8 Å². The standard InChI is InChI=1S/C12H25NOS/c1-8(2)10-4-5-11(13)12(6-10)15-9(3)7-14/h8-12,14H,4-7,13H2,1-3H3. The molecule has 0 amide bonds. The highest BCUT2D eigenvalue weighted by Gasteiger charge is 2.30. The summed E-state index contributed by atoms with van der Waals surface area (Å²) in [5.41, 5.74) is 6.14. The molecule has 1 rings (SSSR count). The Balaban J connectivity index is 2.46. The molecule has 0 bridgehead atoms. The van der Waals surface area contributed by atoms with Gasteiger partial charge in [0.05, 0.1) is 6.61 Å². The first-order valence-electron chi connectivity index (χ1n) is 6.06. The lowest BCUT2D eigenvalue weighted by atomic mass is 9.79. The molecule has 0 aromatic heterocycles. The van der Waals surface area contributed by atoms with Gasteiger partial charge in [0.25, 0.3) is 0 Å². The molecular formula is C12H25NOS. The molecule has 1 aliphatic rings. The molecule has 0 radical (unpaired) electrons. The maximum Gasteiger partial charge on any atom is 0.0547 e. The predicted octanol–water partition coefficient (Wildman–Crippen LogP) is 2.25. The first-order chi connectivity index (χ1) is 7.04. The number of thioether (sulfide) groups is 1. The zero-order valence-corrected chi connectivity index (χ0v) is 11.0. The molecule has 3 heteroatoms. The number of rotatable bonds is 4. The van der Waals surface area contributed by atoms with Gasteiger partial charge in [-0.05, 0) is 31.1 Å². The van der Waals surface area contributed by atoms with Crippen molar-refractivity contribution in [2.24, 2.45) is 17.6 Å². The maximum atomic E-state index is 9.07. The minimum absolute atomic E-state index is 0.264. The van der Waals surface area contributed by atoms with Crippen LogP contribution < -0.4 is 5.73 Å². The quantitative estimate of drug-likeness (QED) is 0.780. The van der Waals surface area contributed by atoms with Gasteiger partial charge in [-0.1, -0.05) is 20.8 Å². The van der Waals surface area contributed by atoms with E-state index in [0.29, 0.717) is 16.5 Å². The van der Waals surface area contributed by atoms with Crippen LogP contribution in [0.25, 0.3) is 0 Å². The molecule has 4 unspecified atom stereocenters. The number of aliphatic hydroxyl groups excluding tert-OH is 1.